The SMILES string of the molecule is CC(C)n1cnc(S(=O)(=O)N2CCCC(C(=O)Nc3cccc(Br)c3)C2)c1. The molecule has 0 aliphatic carbocycles. The Balaban J connectivity index is 1.71. The molecule has 1 saturated heterocycles. The Kier molecular flexibility index (Phi) is 6.02. The summed E-state index contributed by atoms with van der Waals surface area (Å²) in [7, 11) is -3.71. The molecule has 1 atom stereocenters. The number of hydrogen-bond donors (Lipinski definition) is 1. The van der Waals surface area contributed by atoms with Crippen molar-refractivity contribution in [3.8, 4) is 0 Å². The van der Waals surface area contributed by atoms with Crippen molar-refractivity contribution in [1.29, 1.82) is 0 Å². The van der Waals surface area contributed by atoms with Crippen molar-refractivity contribution in [2.24, 2.45) is 5.92 Å². The smallest absolute Gasteiger partial charge is 0.262 e. The summed E-state index contributed by atoms with van der Waals surface area (Å²) in [6.45, 7) is 4.48. The molecule has 1 aliphatic rings. The third kappa shape index (κ3) is 4.59. The normalized spacial score (nSPS) is 18.6. The molecule has 1 aliphatic heterocycles. The predicted molar refractivity (Wildman–Crippen MR) is 107 cm³/mol. The third-order valence-electron chi connectivity index (χ3n) is 4.63. The van der Waals surface area contributed by atoms with Crippen LogP contribution in [0, 0.1) is 5.92 Å². The molecule has 3 rings (SSSR count). The molecule has 2 aromatic rings. The molecular formula is C18H23BrN4O3S. The zero-order chi connectivity index (χ0) is 19.6. The van der Waals surface area contributed by atoms with Crippen LogP contribution in [0.5, 0.6) is 0 Å². The summed E-state index contributed by atoms with van der Waals surface area (Å²) >= 11 is 3.37. The molecule has 1 fully saturated rings. The minimum absolute atomic E-state index is 0.0317. The van der Waals surface area contributed by atoms with Gasteiger partial charge < -0.3 is 9.88 Å². The van der Waals surface area contributed by atoms with Gasteiger partial charge in [-0.25, -0.2) is 13.4 Å². The van der Waals surface area contributed by atoms with Gasteiger partial charge in [-0.15, -0.1) is 0 Å². The van der Waals surface area contributed by atoms with Crippen LogP contribution in [0.3, 0.4) is 0 Å². The molecular weight excluding hydrogens is 432 g/mol. The standard InChI is InChI=1S/C18H23BrN4O3S/c1-13(2)22-11-17(20-12-22)27(25,26)23-8-4-5-14(10-23)18(24)21-16-7-3-6-15(19)9-16/h3,6-7,9,11-14H,4-5,8,10H2,1-2H3,(H,21,24). The Morgan fingerprint density at radius 1 is 1.37 bits per heavy atom. The fourth-order valence-electron chi connectivity index (χ4n) is 3.05. The van der Waals surface area contributed by atoms with Crippen LogP contribution in [-0.4, -0.2) is 41.3 Å². The van der Waals surface area contributed by atoms with Gasteiger partial charge in [0, 0.05) is 35.5 Å². The number of aromatic nitrogens is 2. The van der Waals surface area contributed by atoms with E-state index in [1.807, 2.05) is 32.0 Å². The van der Waals surface area contributed by atoms with E-state index in [4.69, 9.17) is 0 Å². The average Bonchev–Trinajstić information content (AvgIpc) is 3.13. The van der Waals surface area contributed by atoms with Crippen LogP contribution in [0.2, 0.25) is 0 Å². The number of nitrogens with zero attached hydrogens (tertiary/aromatic N) is 3. The van der Waals surface area contributed by atoms with Crippen molar-refractivity contribution >= 4 is 37.5 Å². The zero-order valence-corrected chi connectivity index (χ0v) is 17.7. The van der Waals surface area contributed by atoms with E-state index >= 15 is 0 Å². The van der Waals surface area contributed by atoms with E-state index in [0.717, 1.165) is 4.47 Å². The predicted octanol–water partition coefficient (Wildman–Crippen LogP) is 3.27. The van der Waals surface area contributed by atoms with Crippen molar-refractivity contribution in [3.05, 3.63) is 41.3 Å². The first-order valence-electron chi connectivity index (χ1n) is 8.87. The maximum absolute atomic E-state index is 12.9. The average molecular weight is 455 g/mol. The van der Waals surface area contributed by atoms with Crippen molar-refractivity contribution in [2.75, 3.05) is 18.4 Å². The van der Waals surface area contributed by atoms with Gasteiger partial charge in [0.15, 0.2) is 5.03 Å². The van der Waals surface area contributed by atoms with Crippen LogP contribution in [0.25, 0.3) is 0 Å². The number of sulfonamides is 1. The van der Waals surface area contributed by atoms with Gasteiger partial charge in [-0.1, -0.05) is 22.0 Å². The maximum atomic E-state index is 12.9. The number of piperidine rings is 1. The van der Waals surface area contributed by atoms with Crippen LogP contribution in [0.15, 0.2) is 46.3 Å². The van der Waals surface area contributed by atoms with Gasteiger partial charge in [0.25, 0.3) is 10.0 Å². The number of benzene rings is 1. The molecule has 0 radical (unpaired) electrons. The largest absolute Gasteiger partial charge is 0.334 e. The monoisotopic (exact) mass is 454 g/mol. The first-order chi connectivity index (χ1) is 12.8. The summed E-state index contributed by atoms with van der Waals surface area (Å²) in [4.78, 5) is 16.7. The molecule has 0 saturated carbocycles. The first kappa shape index (κ1) is 20.0. The number of hydrogen-bond acceptors (Lipinski definition) is 4. The first-order valence-corrected chi connectivity index (χ1v) is 11.1. The van der Waals surface area contributed by atoms with E-state index in [1.165, 1.54) is 10.6 Å². The molecule has 1 unspecified atom stereocenters. The highest BCUT2D eigenvalue weighted by Gasteiger charge is 2.34. The van der Waals surface area contributed by atoms with Gasteiger partial charge in [-0.05, 0) is 44.9 Å². The highest BCUT2D eigenvalue weighted by molar-refractivity contribution is 9.10. The summed E-state index contributed by atoms with van der Waals surface area (Å²) in [5, 5.41) is 2.90. The Hall–Kier alpha value is -1.71. The van der Waals surface area contributed by atoms with Gasteiger partial charge in [-0.3, -0.25) is 4.79 Å². The van der Waals surface area contributed by atoms with Crippen LogP contribution in [0.4, 0.5) is 5.69 Å². The van der Waals surface area contributed by atoms with Crippen molar-refractivity contribution in [3.63, 3.8) is 0 Å². The Labute approximate surface area is 168 Å². The number of nitrogens with one attached hydrogen (secondary N) is 1. The van der Waals surface area contributed by atoms with Crippen LogP contribution >= 0.6 is 15.9 Å². The summed E-state index contributed by atoms with van der Waals surface area (Å²) < 4.78 is 29.8. The lowest BCUT2D eigenvalue weighted by Gasteiger charge is -2.30. The fourth-order valence-corrected chi connectivity index (χ4v) is 4.90. The molecule has 1 N–H and O–H groups in total. The number of anilines is 1. The number of carbonyl (C=O) groups excluding carboxylic acids is 1. The van der Waals surface area contributed by atoms with Gasteiger partial charge in [0.05, 0.1) is 12.2 Å². The number of amides is 1. The van der Waals surface area contributed by atoms with Gasteiger partial charge >= 0.3 is 0 Å². The van der Waals surface area contributed by atoms with E-state index in [0.29, 0.717) is 25.1 Å². The number of imidazole rings is 1. The maximum Gasteiger partial charge on any atom is 0.262 e. The number of carbonyl (C=O) groups is 1. The second kappa shape index (κ2) is 8.12. The number of halogens is 1. The summed E-state index contributed by atoms with van der Waals surface area (Å²) in [6, 6.07) is 7.46. The third-order valence-corrected chi connectivity index (χ3v) is 6.87. The van der Waals surface area contributed by atoms with Crippen molar-refractivity contribution in [2.45, 2.75) is 37.8 Å². The zero-order valence-electron chi connectivity index (χ0n) is 15.3. The van der Waals surface area contributed by atoms with Crippen LogP contribution in [-0.2, 0) is 14.8 Å². The second-order valence-electron chi connectivity index (χ2n) is 6.95. The molecule has 0 bridgehead atoms. The summed E-state index contributed by atoms with van der Waals surface area (Å²) in [5.41, 5.74) is 0.685. The molecule has 146 valence electrons. The van der Waals surface area contributed by atoms with E-state index in [9.17, 15) is 13.2 Å². The Bertz CT molecular complexity index is 926. The van der Waals surface area contributed by atoms with E-state index in [2.05, 4.69) is 26.2 Å². The highest BCUT2D eigenvalue weighted by atomic mass is 79.9. The van der Waals surface area contributed by atoms with Crippen molar-refractivity contribution in [1.82, 2.24) is 13.9 Å². The lowest BCUT2D eigenvalue weighted by Crippen LogP contribution is -2.43. The molecule has 1 aromatic heterocycles. The van der Waals surface area contributed by atoms with Gasteiger partial charge in [0.2, 0.25) is 5.91 Å². The minimum Gasteiger partial charge on any atom is -0.334 e. The molecule has 1 aromatic carbocycles. The fraction of sp³-hybridized carbons (Fsp3) is 0.444. The Morgan fingerprint density at radius 3 is 2.81 bits per heavy atom. The number of rotatable bonds is 5. The summed E-state index contributed by atoms with van der Waals surface area (Å²) in [6.07, 6.45) is 4.37. The lowest BCUT2D eigenvalue weighted by molar-refractivity contribution is -0.120. The molecule has 27 heavy (non-hydrogen) atoms. The molecule has 2 heterocycles. The van der Waals surface area contributed by atoms with Crippen LogP contribution in [0.1, 0.15) is 32.7 Å². The van der Waals surface area contributed by atoms with Crippen molar-refractivity contribution < 1.29 is 13.2 Å². The highest BCUT2D eigenvalue weighted by Crippen LogP contribution is 2.25. The Morgan fingerprint density at radius 2 is 2.15 bits per heavy atom. The molecule has 9 heteroatoms. The minimum atomic E-state index is -3.71. The topological polar surface area (TPSA) is 84.3 Å². The molecule has 7 nitrogen and oxygen atoms in total. The van der Waals surface area contributed by atoms with Gasteiger partial charge in [-0.2, -0.15) is 4.31 Å². The van der Waals surface area contributed by atoms with E-state index in [-0.39, 0.29) is 29.4 Å². The van der Waals surface area contributed by atoms with Crippen LogP contribution < -0.4 is 5.32 Å². The quantitative estimate of drug-likeness (QED) is 0.750. The summed E-state index contributed by atoms with van der Waals surface area (Å²) in [5.74, 6) is -0.555. The second-order valence-corrected chi connectivity index (χ2v) is 9.76. The lowest BCUT2D eigenvalue weighted by atomic mass is 9.99. The van der Waals surface area contributed by atoms with E-state index in [1.54, 1.807) is 16.8 Å². The van der Waals surface area contributed by atoms with Gasteiger partial charge in [0.1, 0.15) is 0 Å². The van der Waals surface area contributed by atoms with E-state index < -0.39 is 10.0 Å². The molecule has 1 amide bonds. The molecule has 0 spiro atoms.